The first kappa shape index (κ1) is 9.00. The number of fused-ring (bicyclic) bond motifs is 2. The average Bonchev–Trinajstić information content (AvgIpc) is 2.27. The topological polar surface area (TPSA) is 41.1 Å². The van der Waals surface area contributed by atoms with Crippen LogP contribution in [0.1, 0.15) is 26.7 Å². The van der Waals surface area contributed by atoms with Crippen LogP contribution in [0.3, 0.4) is 0 Å². The van der Waals surface area contributed by atoms with Gasteiger partial charge in [-0.3, -0.25) is 4.79 Å². The van der Waals surface area contributed by atoms with Crippen LogP contribution in [0, 0.1) is 11.8 Å². The van der Waals surface area contributed by atoms with Gasteiger partial charge in [0.15, 0.2) is 0 Å². The Morgan fingerprint density at radius 2 is 1.92 bits per heavy atom. The third-order valence-corrected chi connectivity index (χ3v) is 3.79. The minimum atomic E-state index is 0.0666. The van der Waals surface area contributed by atoms with E-state index >= 15 is 0 Å². The summed E-state index contributed by atoms with van der Waals surface area (Å²) in [5.41, 5.74) is 0.0666. The Morgan fingerprint density at radius 3 is 2.38 bits per heavy atom. The molecule has 3 nitrogen and oxygen atoms in total. The number of hydrogen-bond acceptors (Lipinski definition) is 2. The van der Waals surface area contributed by atoms with Gasteiger partial charge in [0.05, 0.1) is 0 Å². The summed E-state index contributed by atoms with van der Waals surface area (Å²) in [5, 5.41) is 6.57. The fraction of sp³-hybridized carbons (Fsp3) is 0.900. The van der Waals surface area contributed by atoms with E-state index in [9.17, 15) is 4.79 Å². The lowest BCUT2D eigenvalue weighted by molar-refractivity contribution is -0.121. The molecule has 0 radical (unpaired) electrons. The number of hydrogen-bond donors (Lipinski definition) is 2. The molecule has 1 aliphatic carbocycles. The van der Waals surface area contributed by atoms with Crippen LogP contribution in [0.4, 0.5) is 0 Å². The summed E-state index contributed by atoms with van der Waals surface area (Å²) in [5.74, 6) is 1.38. The quantitative estimate of drug-likeness (QED) is 0.620. The highest BCUT2D eigenvalue weighted by molar-refractivity contribution is 5.74. The van der Waals surface area contributed by atoms with Gasteiger partial charge in [0.2, 0.25) is 5.91 Å². The third kappa shape index (κ3) is 1.35. The fourth-order valence-electron chi connectivity index (χ4n) is 2.98. The first-order valence-corrected chi connectivity index (χ1v) is 5.12. The molecule has 13 heavy (non-hydrogen) atoms. The molecule has 0 unspecified atom stereocenters. The summed E-state index contributed by atoms with van der Waals surface area (Å²) in [7, 11) is 0. The highest BCUT2D eigenvalue weighted by Gasteiger charge is 2.48. The fourth-order valence-corrected chi connectivity index (χ4v) is 2.98. The maximum absolute atomic E-state index is 11.1. The molecule has 3 atom stereocenters. The standard InChI is InChI=1S/C10H18N2O/c1-7(13)12-10(2)8-3-4-9(10)6-11-5-8/h8-9,11H,3-6H2,1-2H3,(H,12,13)/t8-,9+,10+. The molecule has 0 aromatic carbocycles. The molecular formula is C10H18N2O. The molecule has 1 saturated carbocycles. The van der Waals surface area contributed by atoms with E-state index in [0.717, 1.165) is 13.1 Å². The maximum atomic E-state index is 11.1. The molecule has 1 aliphatic heterocycles. The Hall–Kier alpha value is -0.570. The number of nitrogens with one attached hydrogen (secondary N) is 2. The predicted octanol–water partition coefficient (Wildman–Crippen LogP) is 0.511. The van der Waals surface area contributed by atoms with Crippen molar-refractivity contribution in [2.45, 2.75) is 32.2 Å². The van der Waals surface area contributed by atoms with Crippen LogP contribution in [0.25, 0.3) is 0 Å². The summed E-state index contributed by atoms with van der Waals surface area (Å²) in [6.45, 7) is 5.95. The van der Waals surface area contributed by atoms with Crippen LogP contribution in [-0.4, -0.2) is 24.5 Å². The minimum Gasteiger partial charge on any atom is -0.351 e. The predicted molar refractivity (Wildman–Crippen MR) is 51.3 cm³/mol. The number of amides is 1. The van der Waals surface area contributed by atoms with Crippen molar-refractivity contribution >= 4 is 5.91 Å². The van der Waals surface area contributed by atoms with Gasteiger partial charge in [-0.25, -0.2) is 0 Å². The molecule has 3 heteroatoms. The van der Waals surface area contributed by atoms with Crippen LogP contribution >= 0.6 is 0 Å². The van der Waals surface area contributed by atoms with Crippen molar-refractivity contribution in [2.24, 2.45) is 11.8 Å². The van der Waals surface area contributed by atoms with Gasteiger partial charge in [-0.05, 0) is 31.6 Å². The molecular weight excluding hydrogens is 164 g/mol. The van der Waals surface area contributed by atoms with Crippen molar-refractivity contribution in [3.8, 4) is 0 Å². The van der Waals surface area contributed by atoms with E-state index in [1.165, 1.54) is 12.8 Å². The van der Waals surface area contributed by atoms with Gasteiger partial charge in [-0.1, -0.05) is 0 Å². The highest BCUT2D eigenvalue weighted by atomic mass is 16.1. The maximum Gasteiger partial charge on any atom is 0.217 e. The van der Waals surface area contributed by atoms with Crippen molar-refractivity contribution in [1.29, 1.82) is 0 Å². The first-order chi connectivity index (χ1) is 6.13. The Morgan fingerprint density at radius 1 is 1.38 bits per heavy atom. The van der Waals surface area contributed by atoms with E-state index in [1.807, 2.05) is 0 Å². The zero-order valence-corrected chi connectivity index (χ0v) is 8.39. The Bertz CT molecular complexity index is 211. The van der Waals surface area contributed by atoms with Crippen LogP contribution in [0.15, 0.2) is 0 Å². The number of rotatable bonds is 1. The van der Waals surface area contributed by atoms with Crippen molar-refractivity contribution in [1.82, 2.24) is 10.6 Å². The Balaban J connectivity index is 2.16. The molecule has 0 aromatic heterocycles. The van der Waals surface area contributed by atoms with Gasteiger partial charge >= 0.3 is 0 Å². The van der Waals surface area contributed by atoms with Gasteiger partial charge in [0.25, 0.3) is 0 Å². The molecule has 1 heterocycles. The average molecular weight is 182 g/mol. The summed E-state index contributed by atoms with van der Waals surface area (Å²) in [4.78, 5) is 11.1. The van der Waals surface area contributed by atoms with E-state index in [4.69, 9.17) is 0 Å². The lowest BCUT2D eigenvalue weighted by atomic mass is 9.79. The van der Waals surface area contributed by atoms with Gasteiger partial charge in [-0.2, -0.15) is 0 Å². The molecule has 2 fully saturated rings. The monoisotopic (exact) mass is 182 g/mol. The second-order valence-corrected chi connectivity index (χ2v) is 4.59. The summed E-state index contributed by atoms with van der Waals surface area (Å²) in [6.07, 6.45) is 2.52. The molecule has 0 aromatic rings. The van der Waals surface area contributed by atoms with E-state index < -0.39 is 0 Å². The Labute approximate surface area is 79.3 Å². The van der Waals surface area contributed by atoms with Gasteiger partial charge < -0.3 is 10.6 Å². The van der Waals surface area contributed by atoms with Crippen LogP contribution in [0.5, 0.6) is 0 Å². The summed E-state index contributed by atoms with van der Waals surface area (Å²) >= 11 is 0. The molecule has 1 amide bonds. The molecule has 2 aliphatic rings. The lowest BCUT2D eigenvalue weighted by Crippen LogP contribution is -2.60. The van der Waals surface area contributed by atoms with Crippen LogP contribution in [0.2, 0.25) is 0 Å². The van der Waals surface area contributed by atoms with Gasteiger partial charge in [-0.15, -0.1) is 0 Å². The normalized spacial score (nSPS) is 43.2. The van der Waals surface area contributed by atoms with Crippen molar-refractivity contribution in [3.05, 3.63) is 0 Å². The number of carbonyl (C=O) groups is 1. The van der Waals surface area contributed by atoms with E-state index in [-0.39, 0.29) is 11.4 Å². The second-order valence-electron chi connectivity index (χ2n) is 4.59. The zero-order valence-electron chi connectivity index (χ0n) is 8.39. The smallest absolute Gasteiger partial charge is 0.217 e. The number of piperidine rings is 1. The molecule has 0 spiro atoms. The summed E-state index contributed by atoms with van der Waals surface area (Å²) in [6, 6.07) is 0. The van der Waals surface area contributed by atoms with E-state index in [0.29, 0.717) is 11.8 Å². The van der Waals surface area contributed by atoms with Gasteiger partial charge in [0, 0.05) is 25.6 Å². The van der Waals surface area contributed by atoms with Crippen molar-refractivity contribution < 1.29 is 4.79 Å². The molecule has 74 valence electrons. The third-order valence-electron chi connectivity index (χ3n) is 3.79. The molecule has 2 N–H and O–H groups in total. The van der Waals surface area contributed by atoms with Crippen LogP contribution in [-0.2, 0) is 4.79 Å². The minimum absolute atomic E-state index is 0.0666. The molecule has 2 rings (SSSR count). The van der Waals surface area contributed by atoms with Crippen LogP contribution < -0.4 is 10.6 Å². The Kier molecular flexibility index (Phi) is 2.06. The molecule has 2 bridgehead atoms. The van der Waals surface area contributed by atoms with E-state index in [1.54, 1.807) is 6.92 Å². The largest absolute Gasteiger partial charge is 0.351 e. The summed E-state index contributed by atoms with van der Waals surface area (Å²) < 4.78 is 0. The SMILES string of the molecule is CC(=O)N[C@@]1(C)[C@@H]2CC[C@H]1CNC2. The van der Waals surface area contributed by atoms with Crippen molar-refractivity contribution in [2.75, 3.05) is 13.1 Å². The molecule has 1 saturated heterocycles. The lowest BCUT2D eigenvalue weighted by Gasteiger charge is -2.41. The van der Waals surface area contributed by atoms with E-state index in [2.05, 4.69) is 17.6 Å². The highest BCUT2D eigenvalue weighted by Crippen LogP contribution is 2.42. The van der Waals surface area contributed by atoms with Gasteiger partial charge in [0.1, 0.15) is 0 Å². The number of carbonyl (C=O) groups excluding carboxylic acids is 1. The second kappa shape index (κ2) is 2.98. The zero-order chi connectivity index (χ0) is 9.47. The van der Waals surface area contributed by atoms with Crippen molar-refractivity contribution in [3.63, 3.8) is 0 Å². The first-order valence-electron chi connectivity index (χ1n) is 5.12.